The molecule has 0 fully saturated rings. The Bertz CT molecular complexity index is 527. The fourth-order valence-electron chi connectivity index (χ4n) is 1.56. The van der Waals surface area contributed by atoms with Crippen LogP contribution in [0.25, 0.3) is 0 Å². The zero-order valence-electron chi connectivity index (χ0n) is 9.61. The third kappa shape index (κ3) is 2.45. The van der Waals surface area contributed by atoms with E-state index in [1.807, 2.05) is 6.92 Å². The molecule has 1 aromatic heterocycles. The minimum Gasteiger partial charge on any atom is -0.497 e. The number of hydrogen-bond donors (Lipinski definition) is 1. The highest BCUT2D eigenvalue weighted by Crippen LogP contribution is 2.28. The van der Waals surface area contributed by atoms with E-state index in [4.69, 9.17) is 10.5 Å². The second-order valence-corrected chi connectivity index (χ2v) is 4.91. The van der Waals surface area contributed by atoms with Crippen molar-refractivity contribution in [2.45, 2.75) is 13.0 Å². The number of nitrogens with two attached hydrogens (primary N) is 1. The van der Waals surface area contributed by atoms with Crippen LogP contribution in [0, 0.1) is 12.7 Å². The van der Waals surface area contributed by atoms with Crippen LogP contribution in [0.15, 0.2) is 24.4 Å². The van der Waals surface area contributed by atoms with E-state index in [1.54, 1.807) is 18.3 Å². The van der Waals surface area contributed by atoms with E-state index in [1.165, 1.54) is 24.5 Å². The van der Waals surface area contributed by atoms with Gasteiger partial charge in [-0.3, -0.25) is 0 Å². The first-order chi connectivity index (χ1) is 8.11. The molecule has 3 nitrogen and oxygen atoms in total. The molecule has 0 saturated carbocycles. The smallest absolute Gasteiger partial charge is 0.132 e. The number of hydrogen-bond acceptors (Lipinski definition) is 4. The average molecular weight is 252 g/mol. The summed E-state index contributed by atoms with van der Waals surface area (Å²) in [4.78, 5) is 4.97. The molecule has 0 aliphatic carbocycles. The van der Waals surface area contributed by atoms with Gasteiger partial charge in [-0.2, -0.15) is 0 Å². The molecule has 2 rings (SSSR count). The summed E-state index contributed by atoms with van der Waals surface area (Å²) in [7, 11) is 1.50. The number of benzene rings is 1. The van der Waals surface area contributed by atoms with Crippen LogP contribution in [0.4, 0.5) is 4.39 Å². The highest BCUT2D eigenvalue weighted by Gasteiger charge is 2.16. The van der Waals surface area contributed by atoms with Crippen LogP contribution in [-0.2, 0) is 0 Å². The summed E-state index contributed by atoms with van der Waals surface area (Å²) in [6, 6.07) is 4.20. The fourth-order valence-corrected chi connectivity index (χ4v) is 2.37. The van der Waals surface area contributed by atoms with E-state index in [-0.39, 0.29) is 5.82 Å². The number of aryl methyl sites for hydroxylation is 1. The van der Waals surface area contributed by atoms with E-state index in [2.05, 4.69) is 4.98 Å². The molecule has 2 aromatic rings. The lowest BCUT2D eigenvalue weighted by atomic mass is 10.1. The first-order valence-electron chi connectivity index (χ1n) is 5.13. The predicted octanol–water partition coefficient (Wildman–Crippen LogP) is 2.65. The third-order valence-electron chi connectivity index (χ3n) is 2.49. The van der Waals surface area contributed by atoms with E-state index >= 15 is 0 Å². The standard InChI is InChI=1S/C12H13FN2OS/c1-7-15-6-11(17-7)12(14)9-4-3-8(16-2)5-10(9)13/h3-6,12H,14H2,1-2H3. The summed E-state index contributed by atoms with van der Waals surface area (Å²) in [6.45, 7) is 1.89. The Morgan fingerprint density at radius 3 is 2.76 bits per heavy atom. The molecule has 0 aliphatic rings. The Morgan fingerprint density at radius 1 is 1.47 bits per heavy atom. The number of aromatic nitrogens is 1. The molecule has 1 atom stereocenters. The van der Waals surface area contributed by atoms with Crippen LogP contribution in [0.3, 0.4) is 0 Å². The molecule has 1 unspecified atom stereocenters. The minimum atomic E-state index is -0.480. The molecule has 0 amide bonds. The molecule has 1 heterocycles. The van der Waals surface area contributed by atoms with Crippen LogP contribution in [0.2, 0.25) is 0 Å². The number of thiazole rings is 1. The SMILES string of the molecule is COc1ccc(C(N)c2cnc(C)s2)c(F)c1. The Balaban J connectivity index is 2.34. The van der Waals surface area contributed by atoms with Gasteiger partial charge in [-0.25, -0.2) is 9.37 Å². The van der Waals surface area contributed by atoms with Crippen molar-refractivity contribution in [1.29, 1.82) is 0 Å². The maximum atomic E-state index is 13.8. The van der Waals surface area contributed by atoms with Gasteiger partial charge in [0.2, 0.25) is 0 Å². The van der Waals surface area contributed by atoms with E-state index in [9.17, 15) is 4.39 Å². The Labute approximate surface area is 103 Å². The van der Waals surface area contributed by atoms with Crippen LogP contribution in [0.1, 0.15) is 21.5 Å². The second kappa shape index (κ2) is 4.81. The molecule has 0 bridgehead atoms. The highest BCUT2D eigenvalue weighted by atomic mass is 32.1. The largest absolute Gasteiger partial charge is 0.497 e. The van der Waals surface area contributed by atoms with E-state index < -0.39 is 6.04 Å². The quantitative estimate of drug-likeness (QED) is 0.913. The van der Waals surface area contributed by atoms with Crippen LogP contribution in [-0.4, -0.2) is 12.1 Å². The second-order valence-electron chi connectivity index (χ2n) is 3.65. The molecule has 2 N–H and O–H groups in total. The van der Waals surface area contributed by atoms with Gasteiger partial charge >= 0.3 is 0 Å². The first kappa shape index (κ1) is 12.0. The van der Waals surface area contributed by atoms with Gasteiger partial charge in [0, 0.05) is 22.7 Å². The normalized spacial score (nSPS) is 12.5. The lowest BCUT2D eigenvalue weighted by molar-refractivity contribution is 0.410. The van der Waals surface area contributed by atoms with Crippen molar-refractivity contribution in [3.63, 3.8) is 0 Å². The van der Waals surface area contributed by atoms with Gasteiger partial charge in [-0.05, 0) is 13.0 Å². The third-order valence-corrected chi connectivity index (χ3v) is 3.48. The van der Waals surface area contributed by atoms with Gasteiger partial charge in [-0.15, -0.1) is 11.3 Å². The molecular weight excluding hydrogens is 239 g/mol. The average Bonchev–Trinajstić information content (AvgIpc) is 2.75. The first-order valence-corrected chi connectivity index (χ1v) is 5.95. The summed E-state index contributed by atoms with van der Waals surface area (Å²) >= 11 is 1.48. The van der Waals surface area contributed by atoms with E-state index in [0.29, 0.717) is 11.3 Å². The number of methoxy groups -OCH3 is 1. The zero-order valence-corrected chi connectivity index (χ0v) is 10.4. The summed E-state index contributed by atoms with van der Waals surface area (Å²) in [5.74, 6) is 0.127. The van der Waals surface area contributed by atoms with Gasteiger partial charge in [0.15, 0.2) is 0 Å². The molecular formula is C12H13FN2OS. The Kier molecular flexibility index (Phi) is 3.40. The Hall–Kier alpha value is -1.46. The number of ether oxygens (including phenoxy) is 1. The maximum Gasteiger partial charge on any atom is 0.132 e. The topological polar surface area (TPSA) is 48.1 Å². The maximum absolute atomic E-state index is 13.8. The highest BCUT2D eigenvalue weighted by molar-refractivity contribution is 7.11. The lowest BCUT2D eigenvalue weighted by Gasteiger charge is -2.11. The molecule has 90 valence electrons. The monoisotopic (exact) mass is 252 g/mol. The van der Waals surface area contributed by atoms with Gasteiger partial charge in [0.05, 0.1) is 18.2 Å². The van der Waals surface area contributed by atoms with Crippen molar-refractivity contribution in [1.82, 2.24) is 4.98 Å². The number of halogens is 1. The minimum absolute atomic E-state index is 0.358. The molecule has 5 heteroatoms. The van der Waals surface area contributed by atoms with Crippen molar-refractivity contribution >= 4 is 11.3 Å². The van der Waals surface area contributed by atoms with Crippen LogP contribution in [0.5, 0.6) is 5.75 Å². The molecule has 0 saturated heterocycles. The molecule has 17 heavy (non-hydrogen) atoms. The van der Waals surface area contributed by atoms with Crippen molar-refractivity contribution in [2.24, 2.45) is 5.73 Å². The summed E-state index contributed by atoms with van der Waals surface area (Å²) in [6.07, 6.45) is 1.69. The Morgan fingerprint density at radius 2 is 2.24 bits per heavy atom. The molecule has 1 aromatic carbocycles. The zero-order chi connectivity index (χ0) is 12.4. The summed E-state index contributed by atoms with van der Waals surface area (Å²) < 4.78 is 18.8. The van der Waals surface area contributed by atoms with Gasteiger partial charge in [0.1, 0.15) is 11.6 Å². The number of nitrogens with zero attached hydrogens (tertiary/aromatic N) is 1. The van der Waals surface area contributed by atoms with Crippen molar-refractivity contribution in [3.8, 4) is 5.75 Å². The van der Waals surface area contributed by atoms with Crippen LogP contribution < -0.4 is 10.5 Å². The van der Waals surface area contributed by atoms with Crippen molar-refractivity contribution in [3.05, 3.63) is 45.7 Å². The van der Waals surface area contributed by atoms with Gasteiger partial charge < -0.3 is 10.5 Å². The molecule has 0 aliphatic heterocycles. The van der Waals surface area contributed by atoms with E-state index in [0.717, 1.165) is 9.88 Å². The van der Waals surface area contributed by atoms with Crippen LogP contribution >= 0.6 is 11.3 Å². The predicted molar refractivity (Wildman–Crippen MR) is 65.8 cm³/mol. The lowest BCUT2D eigenvalue weighted by Crippen LogP contribution is -2.12. The van der Waals surface area contributed by atoms with Gasteiger partial charge in [-0.1, -0.05) is 6.07 Å². The molecule has 0 radical (unpaired) electrons. The molecule has 0 spiro atoms. The summed E-state index contributed by atoms with van der Waals surface area (Å²) in [5.41, 5.74) is 6.46. The fraction of sp³-hybridized carbons (Fsp3) is 0.250. The van der Waals surface area contributed by atoms with Crippen molar-refractivity contribution < 1.29 is 9.13 Å². The van der Waals surface area contributed by atoms with Crippen molar-refractivity contribution in [2.75, 3.05) is 7.11 Å². The van der Waals surface area contributed by atoms with Gasteiger partial charge in [0.25, 0.3) is 0 Å². The number of rotatable bonds is 3. The summed E-state index contributed by atoms with van der Waals surface area (Å²) in [5, 5.41) is 0.921.